The highest BCUT2D eigenvalue weighted by atomic mass is 79.9. The number of carboxylic acids is 1. The topological polar surface area (TPSA) is 46.5 Å². The molecule has 0 fully saturated rings. The number of methoxy groups -OCH3 is 1. The van der Waals surface area contributed by atoms with Crippen LogP contribution >= 0.6 is 15.9 Å². The maximum Gasteiger partial charge on any atom is 0.420 e. The van der Waals surface area contributed by atoms with Crippen LogP contribution in [0.25, 0.3) is 0 Å². The number of halogens is 4. The van der Waals surface area contributed by atoms with E-state index in [2.05, 4.69) is 15.9 Å². The van der Waals surface area contributed by atoms with Gasteiger partial charge in [-0.3, -0.25) is 4.79 Å². The predicted octanol–water partition coefficient (Wildman–Crippen LogP) is 3.49. The van der Waals surface area contributed by atoms with E-state index in [4.69, 9.17) is 9.84 Å². The second-order valence-electron chi connectivity index (χ2n) is 3.54. The molecule has 0 aliphatic heterocycles. The molecule has 1 N–H and O–H groups in total. The molecule has 0 unspecified atom stereocenters. The molecule has 1 aromatic rings. The Bertz CT molecular complexity index is 458. The van der Waals surface area contributed by atoms with Crippen LogP contribution in [-0.4, -0.2) is 18.2 Å². The molecule has 0 heterocycles. The van der Waals surface area contributed by atoms with Crippen LogP contribution in [0.15, 0.2) is 16.6 Å². The van der Waals surface area contributed by atoms with Gasteiger partial charge in [0.25, 0.3) is 0 Å². The number of carboxylic acid groups (broad SMARTS) is 1. The fourth-order valence-electron chi connectivity index (χ4n) is 1.53. The van der Waals surface area contributed by atoms with Gasteiger partial charge in [0, 0.05) is 10.9 Å². The van der Waals surface area contributed by atoms with E-state index in [1.54, 1.807) is 0 Å². The van der Waals surface area contributed by atoms with E-state index in [0.29, 0.717) is 0 Å². The van der Waals surface area contributed by atoms with E-state index in [9.17, 15) is 18.0 Å². The Labute approximate surface area is 110 Å². The molecule has 0 radical (unpaired) electrons. The third-order valence-electron chi connectivity index (χ3n) is 2.25. The maximum atomic E-state index is 12.8. The number of benzene rings is 1. The third kappa shape index (κ3) is 3.63. The number of alkyl halides is 3. The van der Waals surface area contributed by atoms with Crippen molar-refractivity contribution in [2.45, 2.75) is 19.0 Å². The van der Waals surface area contributed by atoms with E-state index >= 15 is 0 Å². The molecule has 7 heteroatoms. The largest absolute Gasteiger partial charge is 0.496 e. The summed E-state index contributed by atoms with van der Waals surface area (Å²) in [6, 6.07) is 2.33. The lowest BCUT2D eigenvalue weighted by atomic mass is 10.0. The van der Waals surface area contributed by atoms with Crippen LogP contribution in [0, 0.1) is 0 Å². The van der Waals surface area contributed by atoms with Gasteiger partial charge in [0.05, 0.1) is 12.7 Å². The Morgan fingerprint density at radius 3 is 2.50 bits per heavy atom. The Balaban J connectivity index is 3.24. The highest BCUT2D eigenvalue weighted by Crippen LogP contribution is 2.40. The molecule has 1 aromatic carbocycles. The van der Waals surface area contributed by atoms with Crippen molar-refractivity contribution < 1.29 is 27.8 Å². The highest BCUT2D eigenvalue weighted by Gasteiger charge is 2.35. The van der Waals surface area contributed by atoms with Gasteiger partial charge < -0.3 is 9.84 Å². The first-order chi connectivity index (χ1) is 8.25. The minimum absolute atomic E-state index is 0.0268. The molecule has 18 heavy (non-hydrogen) atoms. The van der Waals surface area contributed by atoms with E-state index in [0.717, 1.165) is 13.2 Å². The lowest BCUT2D eigenvalue weighted by Gasteiger charge is -2.16. The summed E-state index contributed by atoms with van der Waals surface area (Å²) in [6.45, 7) is 0. The zero-order valence-electron chi connectivity index (χ0n) is 9.34. The van der Waals surface area contributed by atoms with Gasteiger partial charge in [-0.15, -0.1) is 0 Å². The number of hydrogen-bond donors (Lipinski definition) is 1. The van der Waals surface area contributed by atoms with Gasteiger partial charge >= 0.3 is 12.1 Å². The maximum absolute atomic E-state index is 12.8. The number of hydrogen-bond acceptors (Lipinski definition) is 2. The summed E-state index contributed by atoms with van der Waals surface area (Å²) >= 11 is 2.97. The molecule has 3 nitrogen and oxygen atoms in total. The Hall–Kier alpha value is -1.24. The minimum atomic E-state index is -4.55. The number of carbonyl (C=O) groups is 1. The first-order valence-electron chi connectivity index (χ1n) is 4.91. The van der Waals surface area contributed by atoms with Crippen molar-refractivity contribution in [2.24, 2.45) is 0 Å². The smallest absolute Gasteiger partial charge is 0.420 e. The van der Waals surface area contributed by atoms with Gasteiger partial charge in [-0.2, -0.15) is 13.2 Å². The highest BCUT2D eigenvalue weighted by molar-refractivity contribution is 9.10. The fourth-order valence-corrected chi connectivity index (χ4v) is 2.03. The van der Waals surface area contributed by atoms with Gasteiger partial charge in [0.15, 0.2) is 0 Å². The summed E-state index contributed by atoms with van der Waals surface area (Å²) in [5.74, 6) is -1.41. The summed E-state index contributed by atoms with van der Waals surface area (Å²) in [6.07, 6.45) is -4.84. The van der Waals surface area contributed by atoms with Gasteiger partial charge in [-0.25, -0.2) is 0 Å². The Morgan fingerprint density at radius 2 is 2.06 bits per heavy atom. The molecule has 0 aliphatic rings. The molecular weight excluding hydrogens is 317 g/mol. The molecule has 0 saturated heterocycles. The molecule has 1 rings (SSSR count). The Kier molecular flexibility index (Phi) is 4.61. The van der Waals surface area contributed by atoms with Crippen LogP contribution in [0.3, 0.4) is 0 Å². The van der Waals surface area contributed by atoms with Crippen LogP contribution in [0.1, 0.15) is 17.5 Å². The predicted molar refractivity (Wildman–Crippen MR) is 61.7 cm³/mol. The number of aliphatic carboxylic acids is 1. The molecule has 0 atom stereocenters. The van der Waals surface area contributed by atoms with Crippen LogP contribution < -0.4 is 4.74 Å². The van der Waals surface area contributed by atoms with E-state index < -0.39 is 17.7 Å². The SMILES string of the molecule is COc1c(CCC(=O)O)cc(Br)cc1C(F)(F)F. The number of aryl methyl sites for hydroxylation is 1. The van der Waals surface area contributed by atoms with E-state index in [-0.39, 0.29) is 28.6 Å². The zero-order chi connectivity index (χ0) is 13.9. The molecule has 0 saturated carbocycles. The number of rotatable bonds is 4. The summed E-state index contributed by atoms with van der Waals surface area (Å²) in [5.41, 5.74) is -0.707. The quantitative estimate of drug-likeness (QED) is 0.921. The molecular formula is C11H10BrF3O3. The van der Waals surface area contributed by atoms with Gasteiger partial charge in [-0.1, -0.05) is 15.9 Å². The standard InChI is InChI=1S/C11H10BrF3O3/c1-18-10-6(2-3-9(16)17)4-7(12)5-8(10)11(13,14)15/h4-5H,2-3H2,1H3,(H,16,17). The van der Waals surface area contributed by atoms with Gasteiger partial charge in [-0.05, 0) is 24.1 Å². The zero-order valence-corrected chi connectivity index (χ0v) is 10.9. The van der Waals surface area contributed by atoms with Gasteiger partial charge in [0.1, 0.15) is 5.75 Å². The molecule has 0 amide bonds. The van der Waals surface area contributed by atoms with Crippen molar-refractivity contribution in [3.63, 3.8) is 0 Å². The van der Waals surface area contributed by atoms with Crippen LogP contribution in [0.5, 0.6) is 5.75 Å². The lowest BCUT2D eigenvalue weighted by molar-refractivity contribution is -0.139. The lowest BCUT2D eigenvalue weighted by Crippen LogP contribution is -2.10. The van der Waals surface area contributed by atoms with Gasteiger partial charge in [0.2, 0.25) is 0 Å². The van der Waals surface area contributed by atoms with E-state index in [1.807, 2.05) is 0 Å². The first-order valence-corrected chi connectivity index (χ1v) is 5.70. The summed E-state index contributed by atoms with van der Waals surface area (Å²) in [4.78, 5) is 10.5. The summed E-state index contributed by atoms with van der Waals surface area (Å²) in [7, 11) is 1.13. The first kappa shape index (κ1) is 14.8. The molecule has 0 bridgehead atoms. The van der Waals surface area contributed by atoms with Crippen molar-refractivity contribution in [2.75, 3.05) is 7.11 Å². The normalized spacial score (nSPS) is 11.4. The molecule has 100 valence electrons. The minimum Gasteiger partial charge on any atom is -0.496 e. The average molecular weight is 327 g/mol. The van der Waals surface area contributed by atoms with Crippen molar-refractivity contribution in [3.05, 3.63) is 27.7 Å². The second-order valence-corrected chi connectivity index (χ2v) is 4.45. The molecule has 0 aliphatic carbocycles. The Morgan fingerprint density at radius 1 is 1.44 bits per heavy atom. The molecule has 0 spiro atoms. The molecule has 0 aromatic heterocycles. The van der Waals surface area contributed by atoms with Crippen molar-refractivity contribution in [3.8, 4) is 5.75 Å². The number of ether oxygens (including phenoxy) is 1. The average Bonchev–Trinajstić information content (AvgIpc) is 2.24. The summed E-state index contributed by atoms with van der Waals surface area (Å²) in [5, 5.41) is 8.56. The monoisotopic (exact) mass is 326 g/mol. The summed E-state index contributed by atoms with van der Waals surface area (Å²) < 4.78 is 43.3. The van der Waals surface area contributed by atoms with Crippen LogP contribution in [0.4, 0.5) is 13.2 Å². The van der Waals surface area contributed by atoms with Crippen LogP contribution in [0.2, 0.25) is 0 Å². The van der Waals surface area contributed by atoms with Crippen molar-refractivity contribution in [1.29, 1.82) is 0 Å². The second kappa shape index (κ2) is 5.60. The van der Waals surface area contributed by atoms with Crippen molar-refractivity contribution in [1.82, 2.24) is 0 Å². The fraction of sp³-hybridized carbons (Fsp3) is 0.364. The third-order valence-corrected chi connectivity index (χ3v) is 2.71. The van der Waals surface area contributed by atoms with Crippen molar-refractivity contribution >= 4 is 21.9 Å². The van der Waals surface area contributed by atoms with E-state index in [1.165, 1.54) is 6.07 Å². The van der Waals surface area contributed by atoms with Crippen LogP contribution in [-0.2, 0) is 17.4 Å².